The summed E-state index contributed by atoms with van der Waals surface area (Å²) in [6, 6.07) is 13.8. The van der Waals surface area contributed by atoms with Crippen LogP contribution in [0.5, 0.6) is 0 Å². The molecule has 0 radical (unpaired) electrons. The highest BCUT2D eigenvalue weighted by atomic mass is 35.5. The van der Waals surface area contributed by atoms with Crippen LogP contribution >= 0.6 is 11.6 Å². The number of benzene rings is 2. The van der Waals surface area contributed by atoms with Gasteiger partial charge in [0.25, 0.3) is 0 Å². The number of nitrogens with one attached hydrogen (secondary N) is 2. The Morgan fingerprint density at radius 1 is 1.13 bits per heavy atom. The second-order valence-electron chi connectivity index (χ2n) is 7.96. The van der Waals surface area contributed by atoms with Crippen molar-refractivity contribution in [1.82, 2.24) is 10.2 Å². The molecule has 0 atom stereocenters. The first-order chi connectivity index (χ1) is 14.5. The Labute approximate surface area is 182 Å². The summed E-state index contributed by atoms with van der Waals surface area (Å²) in [4.78, 5) is 26.6. The Kier molecular flexibility index (Phi) is 6.21. The second-order valence-corrected chi connectivity index (χ2v) is 8.37. The van der Waals surface area contributed by atoms with Crippen LogP contribution in [0.4, 0.5) is 5.69 Å². The summed E-state index contributed by atoms with van der Waals surface area (Å²) in [5, 5.41) is 6.50. The van der Waals surface area contributed by atoms with E-state index in [9.17, 15) is 9.59 Å². The highest BCUT2D eigenvalue weighted by Gasteiger charge is 2.24. The quantitative estimate of drug-likeness (QED) is 0.768. The van der Waals surface area contributed by atoms with Crippen molar-refractivity contribution in [3.8, 4) is 0 Å². The number of anilines is 1. The Morgan fingerprint density at radius 3 is 2.63 bits per heavy atom. The first-order valence-electron chi connectivity index (χ1n) is 10.4. The molecule has 0 bridgehead atoms. The number of nitrogens with zero attached hydrogens (tertiary/aromatic N) is 1. The molecule has 1 aliphatic heterocycles. The minimum atomic E-state index is -0.0584. The molecule has 0 unspecified atom stereocenters. The van der Waals surface area contributed by atoms with Gasteiger partial charge in [-0.3, -0.25) is 14.5 Å². The lowest BCUT2D eigenvalue weighted by Gasteiger charge is -2.32. The maximum absolute atomic E-state index is 12.6. The predicted molar refractivity (Wildman–Crippen MR) is 121 cm³/mol. The van der Waals surface area contributed by atoms with Crippen molar-refractivity contribution in [2.24, 2.45) is 0 Å². The van der Waals surface area contributed by atoms with E-state index < -0.39 is 0 Å². The molecule has 1 heterocycles. The summed E-state index contributed by atoms with van der Waals surface area (Å²) < 4.78 is 0. The van der Waals surface area contributed by atoms with E-state index in [-0.39, 0.29) is 11.8 Å². The fourth-order valence-electron chi connectivity index (χ4n) is 4.34. The van der Waals surface area contributed by atoms with E-state index in [0.717, 1.165) is 53.3 Å². The van der Waals surface area contributed by atoms with E-state index in [2.05, 4.69) is 21.6 Å². The summed E-state index contributed by atoms with van der Waals surface area (Å²) in [7, 11) is 1.63. The maximum atomic E-state index is 12.6. The molecule has 1 fully saturated rings. The first kappa shape index (κ1) is 20.6. The zero-order valence-electron chi connectivity index (χ0n) is 17.1. The molecule has 4 rings (SSSR count). The van der Waals surface area contributed by atoms with Crippen LogP contribution in [0.25, 0.3) is 6.08 Å². The van der Waals surface area contributed by atoms with Gasteiger partial charge in [0.2, 0.25) is 11.8 Å². The lowest BCUT2D eigenvalue weighted by Crippen LogP contribution is -2.38. The number of rotatable bonds is 5. The van der Waals surface area contributed by atoms with Gasteiger partial charge in [-0.15, -0.1) is 0 Å². The van der Waals surface area contributed by atoms with Crippen LogP contribution in [0.3, 0.4) is 0 Å². The predicted octanol–water partition coefficient (Wildman–Crippen LogP) is 3.84. The van der Waals surface area contributed by atoms with Crippen molar-refractivity contribution < 1.29 is 9.59 Å². The normalized spacial score (nSPS) is 16.7. The van der Waals surface area contributed by atoms with Crippen molar-refractivity contribution >= 4 is 35.2 Å². The smallest absolute Gasteiger partial charge is 0.247 e. The molecule has 2 aromatic carbocycles. The molecule has 1 saturated heterocycles. The minimum absolute atomic E-state index is 0.0105. The third-order valence-corrected chi connectivity index (χ3v) is 6.30. The van der Waals surface area contributed by atoms with E-state index in [4.69, 9.17) is 11.6 Å². The van der Waals surface area contributed by atoms with Gasteiger partial charge >= 0.3 is 0 Å². The topological polar surface area (TPSA) is 61.4 Å². The Balaban J connectivity index is 1.29. The number of likely N-dealkylation sites (N-methyl/N-ethyl adjacent to an activating group) is 1. The summed E-state index contributed by atoms with van der Waals surface area (Å²) >= 11 is 6.34. The van der Waals surface area contributed by atoms with Gasteiger partial charge < -0.3 is 10.6 Å². The molecular formula is C24H26ClN3O2. The van der Waals surface area contributed by atoms with Gasteiger partial charge in [-0.25, -0.2) is 0 Å². The molecule has 5 nitrogen and oxygen atoms in total. The fourth-order valence-corrected chi connectivity index (χ4v) is 4.63. The van der Waals surface area contributed by atoms with Gasteiger partial charge in [0.15, 0.2) is 0 Å². The molecule has 2 aromatic rings. The van der Waals surface area contributed by atoms with Crippen molar-refractivity contribution in [3.05, 3.63) is 69.8 Å². The van der Waals surface area contributed by atoms with E-state index in [1.54, 1.807) is 7.05 Å². The third kappa shape index (κ3) is 4.58. The van der Waals surface area contributed by atoms with Crippen LogP contribution in [-0.4, -0.2) is 43.4 Å². The lowest BCUT2D eigenvalue weighted by molar-refractivity contribution is -0.118. The summed E-state index contributed by atoms with van der Waals surface area (Å²) in [5.74, 6) is 0.386. The number of hydrogen-bond donors (Lipinski definition) is 2. The van der Waals surface area contributed by atoms with Crippen LogP contribution in [0.1, 0.15) is 35.4 Å². The van der Waals surface area contributed by atoms with Crippen LogP contribution < -0.4 is 10.6 Å². The largest absolute Gasteiger partial charge is 0.355 e. The number of halogens is 1. The van der Waals surface area contributed by atoms with Gasteiger partial charge in [0.1, 0.15) is 0 Å². The highest BCUT2D eigenvalue weighted by Crippen LogP contribution is 2.32. The monoisotopic (exact) mass is 423 g/mol. The molecule has 0 spiro atoms. The summed E-state index contributed by atoms with van der Waals surface area (Å²) in [5.41, 5.74) is 4.83. The molecule has 0 saturated carbocycles. The van der Waals surface area contributed by atoms with Crippen molar-refractivity contribution in [2.45, 2.75) is 25.2 Å². The number of carbonyl (C=O) groups excluding carboxylic acids is 2. The average molecular weight is 424 g/mol. The molecule has 1 aliphatic carbocycles. The fraction of sp³-hybridized carbons (Fsp3) is 0.333. The number of carbonyl (C=O) groups is 2. The summed E-state index contributed by atoms with van der Waals surface area (Å²) in [6.07, 6.45) is 4.50. The first-order valence-corrected chi connectivity index (χ1v) is 10.7. The van der Waals surface area contributed by atoms with Crippen molar-refractivity contribution in [1.29, 1.82) is 0 Å². The van der Waals surface area contributed by atoms with Crippen molar-refractivity contribution in [2.75, 3.05) is 32.0 Å². The molecule has 2 N–H and O–H groups in total. The number of piperidine rings is 1. The van der Waals surface area contributed by atoms with E-state index in [0.29, 0.717) is 18.9 Å². The zero-order valence-corrected chi connectivity index (χ0v) is 17.8. The van der Waals surface area contributed by atoms with Gasteiger partial charge in [-0.1, -0.05) is 35.9 Å². The number of likely N-dealkylation sites (tertiary alicyclic amines) is 1. The van der Waals surface area contributed by atoms with Gasteiger partial charge in [-0.2, -0.15) is 0 Å². The highest BCUT2D eigenvalue weighted by molar-refractivity contribution is 6.31. The molecule has 156 valence electrons. The van der Waals surface area contributed by atoms with Gasteiger partial charge in [0.05, 0.1) is 6.54 Å². The lowest BCUT2D eigenvalue weighted by atomic mass is 9.89. The number of hydrogen-bond acceptors (Lipinski definition) is 3. The molecule has 0 aromatic heterocycles. The molecule has 2 aliphatic rings. The van der Waals surface area contributed by atoms with Crippen LogP contribution in [0, 0.1) is 0 Å². The van der Waals surface area contributed by atoms with Crippen LogP contribution in [-0.2, 0) is 16.0 Å². The standard InChI is InChI=1S/C24H26ClN3O2/c1-26-24(30)19-12-17-6-7-20(14-18(17)13-19)27-23(29)15-28-10-8-16(9-11-28)21-4-2-3-5-22(21)25/h2-7,12,14,16H,8-11,13,15H2,1H3,(H,26,30)(H,27,29). The van der Waals surface area contributed by atoms with Gasteiger partial charge in [-0.05, 0) is 72.8 Å². The summed E-state index contributed by atoms with van der Waals surface area (Å²) in [6.45, 7) is 2.15. The minimum Gasteiger partial charge on any atom is -0.355 e. The van der Waals surface area contributed by atoms with E-state index in [1.807, 2.05) is 42.5 Å². The third-order valence-electron chi connectivity index (χ3n) is 5.96. The zero-order chi connectivity index (χ0) is 21.1. The van der Waals surface area contributed by atoms with Gasteiger partial charge in [0, 0.05) is 29.8 Å². The van der Waals surface area contributed by atoms with Crippen LogP contribution in [0.15, 0.2) is 48.0 Å². The number of amides is 2. The van der Waals surface area contributed by atoms with E-state index in [1.165, 1.54) is 5.56 Å². The Bertz CT molecular complexity index is 994. The Morgan fingerprint density at radius 2 is 1.90 bits per heavy atom. The molecule has 2 amide bonds. The van der Waals surface area contributed by atoms with Crippen LogP contribution in [0.2, 0.25) is 5.02 Å². The van der Waals surface area contributed by atoms with E-state index >= 15 is 0 Å². The molecule has 30 heavy (non-hydrogen) atoms. The molecular weight excluding hydrogens is 398 g/mol. The average Bonchev–Trinajstić information content (AvgIpc) is 3.17. The SMILES string of the molecule is CNC(=O)C1=Cc2ccc(NC(=O)CN3CCC(c4ccccc4Cl)CC3)cc2C1. The molecule has 6 heteroatoms. The van der Waals surface area contributed by atoms with Crippen molar-refractivity contribution in [3.63, 3.8) is 0 Å². The Hall–Kier alpha value is -2.63. The second kappa shape index (κ2) is 9.02. The maximum Gasteiger partial charge on any atom is 0.247 e. The number of fused-ring (bicyclic) bond motifs is 1.